The van der Waals surface area contributed by atoms with Crippen LogP contribution in [0.3, 0.4) is 0 Å². The van der Waals surface area contributed by atoms with Crippen LogP contribution >= 0.6 is 22.7 Å². The van der Waals surface area contributed by atoms with Gasteiger partial charge in [-0.15, -0.1) is 22.7 Å². The lowest BCUT2D eigenvalue weighted by atomic mass is 10.3. The van der Waals surface area contributed by atoms with Crippen molar-refractivity contribution >= 4 is 50.0 Å². The van der Waals surface area contributed by atoms with Crippen LogP contribution in [0.5, 0.6) is 11.5 Å². The number of carbonyl (C=O) groups excluding carboxylic acids is 1. The number of aromatic nitrogens is 1. The molecule has 0 radical (unpaired) electrons. The summed E-state index contributed by atoms with van der Waals surface area (Å²) < 4.78 is 38.9. The van der Waals surface area contributed by atoms with Gasteiger partial charge in [-0.05, 0) is 47.8 Å². The van der Waals surface area contributed by atoms with E-state index in [0.29, 0.717) is 41.8 Å². The predicted octanol–water partition coefficient (Wildman–Crippen LogP) is 4.70. The van der Waals surface area contributed by atoms with E-state index in [2.05, 4.69) is 15.0 Å². The molecule has 0 atom stereocenters. The van der Waals surface area contributed by atoms with Gasteiger partial charge < -0.3 is 14.8 Å². The number of amides is 1. The highest BCUT2D eigenvalue weighted by atomic mass is 32.2. The molecule has 2 N–H and O–H groups in total. The number of nitrogens with zero attached hydrogens (tertiary/aromatic N) is 1. The van der Waals surface area contributed by atoms with Crippen molar-refractivity contribution in [2.24, 2.45) is 0 Å². The molecule has 33 heavy (non-hydrogen) atoms. The van der Waals surface area contributed by atoms with E-state index in [-0.39, 0.29) is 10.8 Å². The lowest BCUT2D eigenvalue weighted by Gasteiger charge is -2.19. The zero-order valence-electron chi connectivity index (χ0n) is 17.0. The monoisotopic (exact) mass is 499 g/mol. The molecule has 0 saturated heterocycles. The van der Waals surface area contributed by atoms with E-state index in [4.69, 9.17) is 9.47 Å². The molecule has 2 aromatic heterocycles. The maximum Gasteiger partial charge on any atom is 0.275 e. The van der Waals surface area contributed by atoms with Gasteiger partial charge in [0.15, 0.2) is 11.5 Å². The van der Waals surface area contributed by atoms with Crippen LogP contribution in [0.1, 0.15) is 10.5 Å². The fourth-order valence-electron chi connectivity index (χ4n) is 3.11. The first-order valence-corrected chi connectivity index (χ1v) is 13.1. The number of carbonyl (C=O) groups is 1. The van der Waals surface area contributed by atoms with Crippen molar-refractivity contribution in [1.82, 2.24) is 4.98 Å². The molecule has 0 fully saturated rings. The van der Waals surface area contributed by atoms with Gasteiger partial charge in [0.1, 0.15) is 23.9 Å². The van der Waals surface area contributed by atoms with Crippen molar-refractivity contribution < 1.29 is 22.7 Å². The molecule has 11 heteroatoms. The second-order valence-electron chi connectivity index (χ2n) is 6.96. The van der Waals surface area contributed by atoms with Gasteiger partial charge in [-0.25, -0.2) is 13.4 Å². The minimum Gasteiger partial charge on any atom is -0.486 e. The van der Waals surface area contributed by atoms with Gasteiger partial charge in [-0.3, -0.25) is 9.52 Å². The van der Waals surface area contributed by atoms with Crippen LogP contribution in [0.2, 0.25) is 0 Å². The molecule has 1 aliphatic rings. The van der Waals surface area contributed by atoms with Crippen molar-refractivity contribution in [3.8, 4) is 21.4 Å². The number of sulfonamides is 1. The van der Waals surface area contributed by atoms with Gasteiger partial charge in [0.25, 0.3) is 15.9 Å². The second kappa shape index (κ2) is 8.85. The van der Waals surface area contributed by atoms with Gasteiger partial charge in [-0.1, -0.05) is 6.07 Å². The van der Waals surface area contributed by atoms with Gasteiger partial charge in [0, 0.05) is 22.8 Å². The summed E-state index contributed by atoms with van der Waals surface area (Å²) in [6.07, 6.45) is 0. The number of thiophene rings is 1. The summed E-state index contributed by atoms with van der Waals surface area (Å²) in [6.45, 7) is 0.797. The number of hydrogen-bond donors (Lipinski definition) is 2. The Kier molecular flexibility index (Phi) is 5.75. The number of ether oxygens (including phenoxy) is 2. The first-order valence-electron chi connectivity index (χ1n) is 9.81. The standard InChI is InChI=1S/C22H17N3O5S3/c26-21(17-13-32-22(24-17)20-2-1-11-31-20)23-14-3-5-15(6-4-14)25-33(27,28)16-7-8-18-19(12-16)30-10-9-29-18/h1-8,11-13,25H,9-10H2,(H,23,26). The van der Waals surface area contributed by atoms with Crippen LogP contribution < -0.4 is 19.5 Å². The smallest absolute Gasteiger partial charge is 0.275 e. The molecule has 2 aromatic carbocycles. The molecule has 5 rings (SSSR count). The Morgan fingerprint density at radius 1 is 0.939 bits per heavy atom. The number of anilines is 2. The van der Waals surface area contributed by atoms with Crippen molar-refractivity contribution in [3.63, 3.8) is 0 Å². The van der Waals surface area contributed by atoms with Crippen LogP contribution in [0.4, 0.5) is 11.4 Å². The first kappa shape index (κ1) is 21.4. The Balaban J connectivity index is 1.25. The molecular weight excluding hydrogens is 482 g/mol. The summed E-state index contributed by atoms with van der Waals surface area (Å²) >= 11 is 2.97. The topological polar surface area (TPSA) is 107 Å². The normalized spacial score (nSPS) is 12.8. The molecule has 0 bridgehead atoms. The molecule has 4 aromatic rings. The third kappa shape index (κ3) is 4.70. The fourth-order valence-corrected chi connectivity index (χ4v) is 5.80. The zero-order chi connectivity index (χ0) is 22.8. The fraction of sp³-hybridized carbons (Fsp3) is 0.0909. The van der Waals surface area contributed by atoms with Gasteiger partial charge >= 0.3 is 0 Å². The van der Waals surface area contributed by atoms with E-state index >= 15 is 0 Å². The van der Waals surface area contributed by atoms with Crippen molar-refractivity contribution in [2.75, 3.05) is 23.3 Å². The van der Waals surface area contributed by atoms with Gasteiger partial charge in [0.2, 0.25) is 0 Å². The van der Waals surface area contributed by atoms with E-state index in [1.165, 1.54) is 23.5 Å². The van der Waals surface area contributed by atoms with E-state index in [0.717, 1.165) is 9.88 Å². The molecule has 0 spiro atoms. The number of thiazole rings is 1. The average molecular weight is 500 g/mol. The van der Waals surface area contributed by atoms with Crippen LogP contribution in [0.25, 0.3) is 9.88 Å². The Bertz CT molecular complexity index is 1400. The number of hydrogen-bond acceptors (Lipinski definition) is 8. The van der Waals surface area contributed by atoms with Crippen LogP contribution in [0.15, 0.2) is 70.3 Å². The molecule has 1 amide bonds. The molecular formula is C22H17N3O5S3. The second-order valence-corrected chi connectivity index (χ2v) is 10.4. The largest absolute Gasteiger partial charge is 0.486 e. The summed E-state index contributed by atoms with van der Waals surface area (Å²) in [5, 5.41) is 7.23. The van der Waals surface area contributed by atoms with Crippen molar-refractivity contribution in [2.45, 2.75) is 4.90 Å². The number of benzene rings is 2. The average Bonchev–Trinajstić information content (AvgIpc) is 3.52. The van der Waals surface area contributed by atoms with E-state index in [1.807, 2.05) is 17.5 Å². The zero-order valence-corrected chi connectivity index (χ0v) is 19.4. The first-order chi connectivity index (χ1) is 16.0. The third-order valence-electron chi connectivity index (χ3n) is 4.69. The Morgan fingerprint density at radius 2 is 1.70 bits per heavy atom. The predicted molar refractivity (Wildman–Crippen MR) is 128 cm³/mol. The Morgan fingerprint density at radius 3 is 2.45 bits per heavy atom. The van der Waals surface area contributed by atoms with E-state index in [9.17, 15) is 13.2 Å². The van der Waals surface area contributed by atoms with E-state index < -0.39 is 10.0 Å². The highest BCUT2D eigenvalue weighted by molar-refractivity contribution is 7.92. The summed E-state index contributed by atoms with van der Waals surface area (Å²) in [5.74, 6) is 0.577. The van der Waals surface area contributed by atoms with Crippen LogP contribution in [-0.2, 0) is 10.0 Å². The van der Waals surface area contributed by atoms with Gasteiger partial charge in [-0.2, -0.15) is 0 Å². The van der Waals surface area contributed by atoms with Crippen LogP contribution in [-0.4, -0.2) is 32.5 Å². The Hall–Kier alpha value is -3.41. The molecule has 0 aliphatic carbocycles. The molecule has 0 unspecified atom stereocenters. The third-order valence-corrected chi connectivity index (χ3v) is 7.95. The number of nitrogens with one attached hydrogen (secondary N) is 2. The molecule has 8 nitrogen and oxygen atoms in total. The lowest BCUT2D eigenvalue weighted by Crippen LogP contribution is -2.17. The molecule has 3 heterocycles. The van der Waals surface area contributed by atoms with Crippen molar-refractivity contribution in [3.05, 3.63) is 71.1 Å². The minimum absolute atomic E-state index is 0.0641. The Labute approximate surface area is 197 Å². The highest BCUT2D eigenvalue weighted by Gasteiger charge is 2.20. The summed E-state index contributed by atoms with van der Waals surface area (Å²) in [7, 11) is -3.83. The van der Waals surface area contributed by atoms with Crippen molar-refractivity contribution in [1.29, 1.82) is 0 Å². The van der Waals surface area contributed by atoms with Crippen LogP contribution in [0, 0.1) is 0 Å². The molecule has 1 aliphatic heterocycles. The quantitative estimate of drug-likeness (QED) is 0.398. The summed E-state index contributed by atoms with van der Waals surface area (Å²) in [6, 6.07) is 14.7. The maximum atomic E-state index is 12.8. The minimum atomic E-state index is -3.83. The molecule has 168 valence electrons. The highest BCUT2D eigenvalue weighted by Crippen LogP contribution is 2.33. The lowest BCUT2D eigenvalue weighted by molar-refractivity contribution is 0.102. The van der Waals surface area contributed by atoms with E-state index in [1.54, 1.807) is 47.0 Å². The number of rotatable bonds is 6. The summed E-state index contributed by atoms with van der Waals surface area (Å²) in [5.41, 5.74) is 1.20. The van der Waals surface area contributed by atoms with Gasteiger partial charge in [0.05, 0.1) is 9.77 Å². The molecule has 0 saturated carbocycles. The SMILES string of the molecule is O=C(Nc1ccc(NS(=O)(=O)c2ccc3c(c2)OCCO3)cc1)c1csc(-c2cccs2)n1. The summed E-state index contributed by atoms with van der Waals surface area (Å²) in [4.78, 5) is 18.0. The maximum absolute atomic E-state index is 12.8. The number of fused-ring (bicyclic) bond motifs is 1.